The summed E-state index contributed by atoms with van der Waals surface area (Å²) in [4.78, 5) is 0. The van der Waals surface area contributed by atoms with E-state index in [1.54, 1.807) is 0 Å². The van der Waals surface area contributed by atoms with Gasteiger partial charge in [0, 0.05) is 18.6 Å². The van der Waals surface area contributed by atoms with Crippen molar-refractivity contribution in [1.82, 2.24) is 14.8 Å². The lowest BCUT2D eigenvalue weighted by atomic mass is 10.0. The normalized spacial score (nSPS) is 25.9. The Bertz CT molecular complexity index is 367. The molecule has 0 spiro atoms. The first-order chi connectivity index (χ1) is 7.90. The van der Waals surface area contributed by atoms with E-state index in [4.69, 9.17) is 4.74 Å². The largest absolute Gasteiger partial charge is 0.388 e. The van der Waals surface area contributed by atoms with Gasteiger partial charge in [0.15, 0.2) is 5.82 Å². The molecule has 3 rings (SSSR count). The van der Waals surface area contributed by atoms with Crippen LogP contribution in [0.1, 0.15) is 49.3 Å². The minimum Gasteiger partial charge on any atom is -0.388 e. The lowest BCUT2D eigenvalue weighted by Crippen LogP contribution is -2.20. The molecule has 2 aliphatic rings. The summed E-state index contributed by atoms with van der Waals surface area (Å²) in [5.74, 6) is 2.09. The average Bonchev–Trinajstić information content (AvgIpc) is 3.09. The predicted octanol–water partition coefficient (Wildman–Crippen LogP) is 0.999. The molecule has 2 fully saturated rings. The molecular weight excluding hydrogens is 206 g/mol. The van der Waals surface area contributed by atoms with Gasteiger partial charge in [0.2, 0.25) is 0 Å². The highest BCUT2D eigenvalue weighted by Gasteiger charge is 2.32. The summed E-state index contributed by atoms with van der Waals surface area (Å²) in [5.41, 5.74) is 0. The Morgan fingerprint density at radius 1 is 1.31 bits per heavy atom. The molecule has 0 bridgehead atoms. The van der Waals surface area contributed by atoms with Crippen molar-refractivity contribution in [2.45, 2.75) is 44.2 Å². The van der Waals surface area contributed by atoms with Gasteiger partial charge in [-0.25, -0.2) is 0 Å². The third kappa shape index (κ3) is 1.74. The molecule has 5 heteroatoms. The molecule has 1 aromatic rings. The van der Waals surface area contributed by atoms with E-state index in [9.17, 15) is 5.11 Å². The van der Waals surface area contributed by atoms with Gasteiger partial charge < -0.3 is 14.4 Å². The van der Waals surface area contributed by atoms with Crippen molar-refractivity contribution in [3.8, 4) is 0 Å². The molecule has 1 unspecified atom stereocenters. The van der Waals surface area contributed by atoms with Crippen molar-refractivity contribution < 1.29 is 9.84 Å². The minimum absolute atomic E-state index is 0.0168. The topological polar surface area (TPSA) is 60.2 Å². The molecule has 2 heterocycles. The van der Waals surface area contributed by atoms with E-state index in [2.05, 4.69) is 14.8 Å². The van der Waals surface area contributed by atoms with Gasteiger partial charge in [0.25, 0.3) is 0 Å². The molecule has 1 aliphatic heterocycles. The van der Waals surface area contributed by atoms with Crippen LogP contribution in [-0.2, 0) is 11.3 Å². The second kappa shape index (κ2) is 4.14. The monoisotopic (exact) mass is 223 g/mol. The van der Waals surface area contributed by atoms with Gasteiger partial charge in [-0.1, -0.05) is 0 Å². The highest BCUT2D eigenvalue weighted by atomic mass is 16.5. The lowest BCUT2D eigenvalue weighted by Gasteiger charge is -2.22. The number of nitrogens with zero attached hydrogens (tertiary/aromatic N) is 3. The first-order valence-corrected chi connectivity index (χ1v) is 6.02. The number of aliphatic hydroxyl groups is 1. The molecule has 1 saturated carbocycles. The molecule has 0 amide bonds. The zero-order valence-electron chi connectivity index (χ0n) is 9.30. The molecule has 88 valence electrons. The maximum atomic E-state index is 9.25. The highest BCUT2D eigenvalue weighted by molar-refractivity contribution is 5.07. The lowest BCUT2D eigenvalue weighted by molar-refractivity contribution is 0.0767. The van der Waals surface area contributed by atoms with E-state index in [0.717, 1.165) is 31.9 Å². The van der Waals surface area contributed by atoms with Gasteiger partial charge in [0.05, 0.1) is 6.61 Å². The van der Waals surface area contributed by atoms with Crippen molar-refractivity contribution in [2.24, 2.45) is 0 Å². The number of hydrogen-bond acceptors (Lipinski definition) is 4. The van der Waals surface area contributed by atoms with Crippen molar-refractivity contribution in [3.63, 3.8) is 0 Å². The molecule has 1 aromatic heterocycles. The Morgan fingerprint density at radius 2 is 2.19 bits per heavy atom. The van der Waals surface area contributed by atoms with E-state index >= 15 is 0 Å². The fourth-order valence-corrected chi connectivity index (χ4v) is 2.40. The minimum atomic E-state index is -0.0168. The van der Waals surface area contributed by atoms with Gasteiger partial charge in [0.1, 0.15) is 12.4 Å². The number of ether oxygens (including phenoxy) is 1. The summed E-state index contributed by atoms with van der Waals surface area (Å²) >= 11 is 0. The summed E-state index contributed by atoms with van der Waals surface area (Å²) < 4.78 is 7.63. The van der Waals surface area contributed by atoms with Gasteiger partial charge in [-0.05, 0) is 25.7 Å². The van der Waals surface area contributed by atoms with E-state index in [1.165, 1.54) is 12.8 Å². The van der Waals surface area contributed by atoms with E-state index < -0.39 is 0 Å². The predicted molar refractivity (Wildman–Crippen MR) is 57.0 cm³/mol. The smallest absolute Gasteiger partial charge is 0.159 e. The Labute approximate surface area is 94.4 Å². The fraction of sp³-hybridized carbons (Fsp3) is 0.818. The molecule has 1 saturated heterocycles. The molecular formula is C11H17N3O2. The number of aliphatic hydroxyl groups excluding tert-OH is 1. The molecule has 1 N–H and O–H groups in total. The average molecular weight is 223 g/mol. The van der Waals surface area contributed by atoms with Crippen LogP contribution in [0.2, 0.25) is 0 Å². The first kappa shape index (κ1) is 10.2. The standard InChI is InChI=1S/C11H17N3O2/c15-6-10-12-13-11(14(10)9-3-4-9)8-2-1-5-16-7-8/h8-9,15H,1-7H2. The molecule has 0 aromatic carbocycles. The summed E-state index contributed by atoms with van der Waals surface area (Å²) in [5, 5.41) is 17.6. The second-order valence-corrected chi connectivity index (χ2v) is 4.65. The van der Waals surface area contributed by atoms with Gasteiger partial charge in [-0.2, -0.15) is 0 Å². The van der Waals surface area contributed by atoms with E-state index in [-0.39, 0.29) is 6.61 Å². The highest BCUT2D eigenvalue weighted by Crippen LogP contribution is 2.39. The number of hydrogen-bond donors (Lipinski definition) is 1. The van der Waals surface area contributed by atoms with Crippen LogP contribution in [0.5, 0.6) is 0 Å². The quantitative estimate of drug-likeness (QED) is 0.830. The summed E-state index contributed by atoms with van der Waals surface area (Å²) in [6.45, 7) is 1.59. The van der Waals surface area contributed by atoms with Crippen LogP contribution in [0.15, 0.2) is 0 Å². The molecule has 1 aliphatic carbocycles. The number of rotatable bonds is 3. The maximum absolute atomic E-state index is 9.25. The third-order valence-corrected chi connectivity index (χ3v) is 3.37. The van der Waals surface area contributed by atoms with Gasteiger partial charge >= 0.3 is 0 Å². The van der Waals surface area contributed by atoms with Crippen LogP contribution >= 0.6 is 0 Å². The van der Waals surface area contributed by atoms with Crippen molar-refractivity contribution >= 4 is 0 Å². The molecule has 16 heavy (non-hydrogen) atoms. The van der Waals surface area contributed by atoms with Crippen molar-refractivity contribution in [2.75, 3.05) is 13.2 Å². The summed E-state index contributed by atoms with van der Waals surface area (Å²) in [6.07, 6.45) is 4.59. The van der Waals surface area contributed by atoms with Gasteiger partial charge in [-0.15, -0.1) is 10.2 Å². The van der Waals surface area contributed by atoms with Crippen LogP contribution in [0.3, 0.4) is 0 Å². The summed E-state index contributed by atoms with van der Waals surface area (Å²) in [7, 11) is 0. The zero-order valence-corrected chi connectivity index (χ0v) is 9.30. The third-order valence-electron chi connectivity index (χ3n) is 3.37. The van der Waals surface area contributed by atoms with Crippen LogP contribution in [0.4, 0.5) is 0 Å². The molecule has 1 atom stereocenters. The first-order valence-electron chi connectivity index (χ1n) is 6.02. The molecule has 5 nitrogen and oxygen atoms in total. The van der Waals surface area contributed by atoms with Crippen LogP contribution in [0, 0.1) is 0 Å². The zero-order chi connectivity index (χ0) is 11.0. The van der Waals surface area contributed by atoms with Gasteiger partial charge in [-0.3, -0.25) is 0 Å². The van der Waals surface area contributed by atoms with E-state index in [1.807, 2.05) is 0 Å². The van der Waals surface area contributed by atoms with Crippen LogP contribution in [0.25, 0.3) is 0 Å². The second-order valence-electron chi connectivity index (χ2n) is 4.65. The Hall–Kier alpha value is -0.940. The number of aromatic nitrogens is 3. The van der Waals surface area contributed by atoms with Crippen LogP contribution in [-0.4, -0.2) is 33.1 Å². The Balaban J connectivity index is 1.89. The maximum Gasteiger partial charge on any atom is 0.159 e. The van der Waals surface area contributed by atoms with Crippen molar-refractivity contribution in [1.29, 1.82) is 0 Å². The SMILES string of the molecule is OCc1nnc(C2CCCOC2)n1C1CC1. The van der Waals surface area contributed by atoms with Crippen molar-refractivity contribution in [3.05, 3.63) is 11.6 Å². The molecule has 0 radical (unpaired) electrons. The Kier molecular flexibility index (Phi) is 2.65. The van der Waals surface area contributed by atoms with Crippen LogP contribution < -0.4 is 0 Å². The fourth-order valence-electron chi connectivity index (χ4n) is 2.40. The van der Waals surface area contributed by atoms with E-state index in [0.29, 0.717) is 17.8 Å². The summed E-state index contributed by atoms with van der Waals surface area (Å²) in [6, 6.07) is 0.522. The Morgan fingerprint density at radius 3 is 2.81 bits per heavy atom.